The van der Waals surface area contributed by atoms with Gasteiger partial charge in [-0.25, -0.2) is 0 Å². The Morgan fingerprint density at radius 1 is 0.893 bits per heavy atom. The molecule has 3 aromatic rings. The van der Waals surface area contributed by atoms with Crippen LogP contribution in [-0.2, 0) is 0 Å². The Morgan fingerprint density at radius 2 is 1.54 bits per heavy atom. The lowest BCUT2D eigenvalue weighted by Gasteiger charge is -2.12. The number of rotatable bonds is 5. The molecular weight excluding hydrogens is 403 g/mol. The Bertz CT molecular complexity index is 1060. The van der Waals surface area contributed by atoms with Crippen molar-refractivity contribution < 1.29 is 14.5 Å². The standard InChI is InChI=1S/C20H12Cl2N2O4/c21-15-7-4-8-16(22)18(15)20(26)23-17-10-9-13(24(27)28)11-14(17)19(25)12-5-2-1-3-6-12/h1-11H,(H,23,26). The van der Waals surface area contributed by atoms with E-state index in [0.29, 0.717) is 5.56 Å². The van der Waals surface area contributed by atoms with Gasteiger partial charge in [0.2, 0.25) is 0 Å². The molecule has 3 rings (SSSR count). The highest BCUT2D eigenvalue weighted by atomic mass is 35.5. The van der Waals surface area contributed by atoms with E-state index in [1.165, 1.54) is 24.3 Å². The first kappa shape index (κ1) is 19.5. The predicted molar refractivity (Wildman–Crippen MR) is 107 cm³/mol. The van der Waals surface area contributed by atoms with Crippen LogP contribution in [0.1, 0.15) is 26.3 Å². The van der Waals surface area contributed by atoms with Gasteiger partial charge >= 0.3 is 0 Å². The van der Waals surface area contributed by atoms with Crippen molar-refractivity contribution in [2.75, 3.05) is 5.32 Å². The van der Waals surface area contributed by atoms with Gasteiger partial charge in [-0.15, -0.1) is 0 Å². The summed E-state index contributed by atoms with van der Waals surface area (Å²) in [6, 6.07) is 16.5. The zero-order chi connectivity index (χ0) is 20.3. The molecule has 140 valence electrons. The average molecular weight is 415 g/mol. The largest absolute Gasteiger partial charge is 0.321 e. The molecule has 0 heterocycles. The maximum Gasteiger partial charge on any atom is 0.270 e. The predicted octanol–water partition coefficient (Wildman–Crippen LogP) is 5.38. The maximum absolute atomic E-state index is 12.9. The van der Waals surface area contributed by atoms with Gasteiger partial charge in [-0.2, -0.15) is 0 Å². The number of nitro groups is 1. The molecule has 0 bridgehead atoms. The number of ketones is 1. The van der Waals surface area contributed by atoms with Gasteiger partial charge in [0.15, 0.2) is 5.78 Å². The normalized spacial score (nSPS) is 10.4. The molecule has 0 atom stereocenters. The first-order valence-electron chi connectivity index (χ1n) is 8.02. The molecule has 1 N–H and O–H groups in total. The van der Waals surface area contributed by atoms with E-state index in [4.69, 9.17) is 23.2 Å². The number of benzene rings is 3. The summed E-state index contributed by atoms with van der Waals surface area (Å²) >= 11 is 12.1. The van der Waals surface area contributed by atoms with Crippen molar-refractivity contribution in [1.29, 1.82) is 0 Å². The van der Waals surface area contributed by atoms with E-state index in [0.717, 1.165) is 6.07 Å². The molecule has 28 heavy (non-hydrogen) atoms. The van der Waals surface area contributed by atoms with Crippen LogP contribution < -0.4 is 5.32 Å². The molecule has 0 aliphatic rings. The van der Waals surface area contributed by atoms with Crippen LogP contribution in [0.4, 0.5) is 11.4 Å². The van der Waals surface area contributed by atoms with E-state index >= 15 is 0 Å². The van der Waals surface area contributed by atoms with Crippen LogP contribution in [-0.4, -0.2) is 16.6 Å². The Labute approximate surface area is 169 Å². The summed E-state index contributed by atoms with van der Waals surface area (Å²) < 4.78 is 0. The SMILES string of the molecule is O=C(c1ccccc1)c1cc([N+](=O)[O-])ccc1NC(=O)c1c(Cl)cccc1Cl. The monoisotopic (exact) mass is 414 g/mol. The molecule has 0 saturated heterocycles. The fourth-order valence-electron chi connectivity index (χ4n) is 2.59. The zero-order valence-corrected chi connectivity index (χ0v) is 15.7. The minimum absolute atomic E-state index is 0.0167. The van der Waals surface area contributed by atoms with Crippen molar-refractivity contribution in [3.63, 3.8) is 0 Å². The molecule has 0 spiro atoms. The van der Waals surface area contributed by atoms with Crippen LogP contribution in [0.3, 0.4) is 0 Å². The van der Waals surface area contributed by atoms with Crippen molar-refractivity contribution in [3.8, 4) is 0 Å². The number of carbonyl (C=O) groups is 2. The first-order valence-corrected chi connectivity index (χ1v) is 8.77. The van der Waals surface area contributed by atoms with E-state index in [9.17, 15) is 19.7 Å². The molecule has 0 aliphatic carbocycles. The van der Waals surface area contributed by atoms with Crippen molar-refractivity contribution in [2.24, 2.45) is 0 Å². The van der Waals surface area contributed by atoms with Crippen LogP contribution in [0.25, 0.3) is 0 Å². The van der Waals surface area contributed by atoms with E-state index in [-0.39, 0.29) is 32.5 Å². The molecular formula is C20H12Cl2N2O4. The molecule has 0 fully saturated rings. The fourth-order valence-corrected chi connectivity index (χ4v) is 3.16. The summed E-state index contributed by atoms with van der Waals surface area (Å²) in [6.07, 6.45) is 0. The molecule has 0 unspecified atom stereocenters. The summed E-state index contributed by atoms with van der Waals surface area (Å²) in [7, 11) is 0. The topological polar surface area (TPSA) is 89.3 Å². The number of carbonyl (C=O) groups excluding carboxylic acids is 2. The molecule has 6 nitrogen and oxygen atoms in total. The van der Waals surface area contributed by atoms with Gasteiger partial charge in [0.25, 0.3) is 11.6 Å². The number of halogens is 2. The number of anilines is 1. The summed E-state index contributed by atoms with van der Waals surface area (Å²) in [5.74, 6) is -1.10. The highest BCUT2D eigenvalue weighted by molar-refractivity contribution is 6.40. The Balaban J connectivity index is 2.04. The molecule has 0 radical (unpaired) electrons. The molecule has 1 amide bonds. The summed E-state index contributed by atoms with van der Waals surface area (Å²) in [5.41, 5.74) is 0.196. The van der Waals surface area contributed by atoms with Crippen LogP contribution in [0, 0.1) is 10.1 Å². The number of nitrogens with zero attached hydrogens (tertiary/aromatic N) is 1. The Hall–Kier alpha value is -3.22. The quantitative estimate of drug-likeness (QED) is 0.344. The number of nitro benzene ring substituents is 1. The van der Waals surface area contributed by atoms with Crippen molar-refractivity contribution >= 4 is 46.3 Å². The highest BCUT2D eigenvalue weighted by Gasteiger charge is 2.21. The molecule has 0 aliphatic heterocycles. The summed E-state index contributed by atoms with van der Waals surface area (Å²) in [6.45, 7) is 0. The molecule has 8 heteroatoms. The second-order valence-electron chi connectivity index (χ2n) is 5.73. The molecule has 3 aromatic carbocycles. The number of hydrogen-bond donors (Lipinski definition) is 1. The fraction of sp³-hybridized carbons (Fsp3) is 0. The third kappa shape index (κ3) is 4.03. The molecule has 0 aromatic heterocycles. The lowest BCUT2D eigenvalue weighted by atomic mass is 10.0. The van der Waals surface area contributed by atoms with Gasteiger partial charge in [-0.1, -0.05) is 59.6 Å². The van der Waals surface area contributed by atoms with Gasteiger partial charge in [0.05, 0.1) is 31.8 Å². The molecule has 0 saturated carbocycles. The lowest BCUT2D eigenvalue weighted by Crippen LogP contribution is -2.16. The third-order valence-corrected chi connectivity index (χ3v) is 4.56. The number of nitrogens with one attached hydrogen (secondary N) is 1. The summed E-state index contributed by atoms with van der Waals surface area (Å²) in [5, 5.41) is 14.0. The van der Waals surface area contributed by atoms with Crippen molar-refractivity contribution in [3.05, 3.63) is 104 Å². The zero-order valence-electron chi connectivity index (χ0n) is 14.2. The number of non-ortho nitro benzene ring substituents is 1. The van der Waals surface area contributed by atoms with E-state index in [1.807, 2.05) is 0 Å². The van der Waals surface area contributed by atoms with Crippen LogP contribution in [0.5, 0.6) is 0 Å². The van der Waals surface area contributed by atoms with Crippen molar-refractivity contribution in [2.45, 2.75) is 0 Å². The third-order valence-electron chi connectivity index (χ3n) is 3.93. The van der Waals surface area contributed by atoms with Gasteiger partial charge in [-0.3, -0.25) is 19.7 Å². The number of hydrogen-bond acceptors (Lipinski definition) is 4. The van der Waals surface area contributed by atoms with E-state index in [1.54, 1.807) is 36.4 Å². The summed E-state index contributed by atoms with van der Waals surface area (Å²) in [4.78, 5) is 36.0. The van der Waals surface area contributed by atoms with E-state index in [2.05, 4.69) is 5.32 Å². The van der Waals surface area contributed by atoms with Crippen LogP contribution >= 0.6 is 23.2 Å². The van der Waals surface area contributed by atoms with Crippen molar-refractivity contribution in [1.82, 2.24) is 0 Å². The van der Waals surface area contributed by atoms with Gasteiger partial charge in [0, 0.05) is 17.7 Å². The van der Waals surface area contributed by atoms with Gasteiger partial charge in [-0.05, 0) is 18.2 Å². The van der Waals surface area contributed by atoms with Crippen LogP contribution in [0.2, 0.25) is 10.0 Å². The smallest absolute Gasteiger partial charge is 0.270 e. The van der Waals surface area contributed by atoms with E-state index < -0.39 is 16.6 Å². The first-order chi connectivity index (χ1) is 13.4. The maximum atomic E-state index is 12.9. The average Bonchev–Trinajstić information content (AvgIpc) is 2.68. The second kappa shape index (κ2) is 8.21. The Kier molecular flexibility index (Phi) is 5.73. The Morgan fingerprint density at radius 3 is 2.14 bits per heavy atom. The number of amides is 1. The second-order valence-corrected chi connectivity index (χ2v) is 6.55. The lowest BCUT2D eigenvalue weighted by molar-refractivity contribution is -0.384. The van der Waals surface area contributed by atoms with Crippen LogP contribution in [0.15, 0.2) is 66.7 Å². The highest BCUT2D eigenvalue weighted by Crippen LogP contribution is 2.28. The van der Waals surface area contributed by atoms with Gasteiger partial charge in [0.1, 0.15) is 0 Å². The minimum atomic E-state index is -0.633. The minimum Gasteiger partial charge on any atom is -0.321 e. The van der Waals surface area contributed by atoms with Gasteiger partial charge < -0.3 is 5.32 Å².